The monoisotopic (exact) mass is 448 g/mol. The van der Waals surface area contributed by atoms with Crippen LogP contribution in [0.2, 0.25) is 0 Å². The van der Waals surface area contributed by atoms with Crippen LogP contribution in [0.15, 0.2) is 42.6 Å². The van der Waals surface area contributed by atoms with E-state index in [4.69, 9.17) is 4.74 Å². The van der Waals surface area contributed by atoms with Crippen molar-refractivity contribution in [1.29, 1.82) is 0 Å². The smallest absolute Gasteiger partial charge is 0.340 e. The number of carbonyl (C=O) groups excluding carboxylic acids is 2. The van der Waals surface area contributed by atoms with Crippen molar-refractivity contribution in [1.82, 2.24) is 14.8 Å². The third-order valence-corrected chi connectivity index (χ3v) is 6.45. The Morgan fingerprint density at radius 1 is 1.16 bits per heavy atom. The van der Waals surface area contributed by atoms with Crippen molar-refractivity contribution in [2.75, 3.05) is 12.4 Å². The number of nitrogens with one attached hydrogen (secondary N) is 1. The number of benzene rings is 1. The van der Waals surface area contributed by atoms with Crippen molar-refractivity contribution >= 4 is 39.2 Å². The minimum Gasteiger partial charge on any atom is -0.465 e. The first-order chi connectivity index (χ1) is 15.4. The quantitative estimate of drug-likeness (QED) is 0.430. The lowest BCUT2D eigenvalue weighted by Gasteiger charge is -2.07. The number of aromatic nitrogens is 3. The van der Waals surface area contributed by atoms with Gasteiger partial charge in [0.05, 0.1) is 18.4 Å². The van der Waals surface area contributed by atoms with Crippen molar-refractivity contribution in [2.45, 2.75) is 33.7 Å². The Morgan fingerprint density at radius 2 is 1.91 bits per heavy atom. The number of aryl methyl sites for hydroxylation is 3. The van der Waals surface area contributed by atoms with E-state index in [0.29, 0.717) is 16.2 Å². The Morgan fingerprint density at radius 3 is 2.59 bits per heavy atom. The van der Waals surface area contributed by atoms with Crippen LogP contribution in [0.5, 0.6) is 0 Å². The van der Waals surface area contributed by atoms with Gasteiger partial charge in [0.2, 0.25) is 5.91 Å². The fourth-order valence-corrected chi connectivity index (χ4v) is 4.64. The first kappa shape index (κ1) is 21.7. The molecule has 4 rings (SSSR count). The Bertz CT molecular complexity index is 1310. The van der Waals surface area contributed by atoms with E-state index >= 15 is 0 Å². The van der Waals surface area contributed by atoms with Crippen molar-refractivity contribution in [3.8, 4) is 11.1 Å². The number of amides is 1. The average Bonchev–Trinajstić information content (AvgIpc) is 3.34. The fourth-order valence-electron chi connectivity index (χ4n) is 3.64. The molecule has 164 valence electrons. The van der Waals surface area contributed by atoms with E-state index in [9.17, 15) is 9.59 Å². The Balaban J connectivity index is 1.64. The molecule has 0 fully saturated rings. The van der Waals surface area contributed by atoms with Crippen molar-refractivity contribution in [2.24, 2.45) is 0 Å². The number of methoxy groups -OCH3 is 1. The van der Waals surface area contributed by atoms with Crippen LogP contribution in [0.25, 0.3) is 22.2 Å². The van der Waals surface area contributed by atoms with Crippen LogP contribution in [-0.4, -0.2) is 33.8 Å². The van der Waals surface area contributed by atoms with Crippen LogP contribution in [0, 0.1) is 13.8 Å². The highest BCUT2D eigenvalue weighted by Crippen LogP contribution is 2.31. The molecule has 0 saturated carbocycles. The van der Waals surface area contributed by atoms with Gasteiger partial charge in [0, 0.05) is 16.5 Å². The van der Waals surface area contributed by atoms with E-state index in [1.165, 1.54) is 24.0 Å². The number of anilines is 1. The summed E-state index contributed by atoms with van der Waals surface area (Å²) in [6, 6.07) is 12.0. The second kappa shape index (κ2) is 8.92. The van der Waals surface area contributed by atoms with Gasteiger partial charge in [-0.1, -0.05) is 36.8 Å². The molecule has 32 heavy (non-hydrogen) atoms. The minimum absolute atomic E-state index is 0.0192. The molecule has 7 nitrogen and oxygen atoms in total. The standard InChI is InChI=1S/C24H24N4O3S/c1-5-17-12-19(24(30)31-4)23(32-17)26-20(29)13-28-22-21(15(3)27-28)18(10-11-25-22)16-8-6-14(2)7-9-16/h6-12H,5,13H2,1-4H3,(H,26,29). The number of nitrogens with zero attached hydrogens (tertiary/aromatic N) is 3. The van der Waals surface area contributed by atoms with Gasteiger partial charge in [-0.15, -0.1) is 11.3 Å². The maximum atomic E-state index is 12.8. The summed E-state index contributed by atoms with van der Waals surface area (Å²) in [4.78, 5) is 30.4. The highest BCUT2D eigenvalue weighted by Gasteiger charge is 2.20. The fraction of sp³-hybridized carbons (Fsp3) is 0.250. The first-order valence-corrected chi connectivity index (χ1v) is 11.1. The number of rotatable bonds is 6. The number of esters is 1. The van der Waals surface area contributed by atoms with Gasteiger partial charge in [-0.25, -0.2) is 14.5 Å². The first-order valence-electron chi connectivity index (χ1n) is 10.3. The predicted molar refractivity (Wildman–Crippen MR) is 126 cm³/mol. The van der Waals surface area contributed by atoms with E-state index in [-0.39, 0.29) is 12.5 Å². The molecule has 0 aliphatic carbocycles. The van der Waals surface area contributed by atoms with Crippen molar-refractivity contribution < 1.29 is 14.3 Å². The minimum atomic E-state index is -0.471. The largest absolute Gasteiger partial charge is 0.465 e. The van der Waals surface area contributed by atoms with Gasteiger partial charge in [-0.05, 0) is 43.5 Å². The summed E-state index contributed by atoms with van der Waals surface area (Å²) < 4.78 is 6.45. The summed E-state index contributed by atoms with van der Waals surface area (Å²) in [5.74, 6) is -0.757. The molecule has 1 aromatic carbocycles. The number of hydrogen-bond acceptors (Lipinski definition) is 6. The third kappa shape index (κ3) is 4.13. The molecule has 0 unspecified atom stereocenters. The normalized spacial score (nSPS) is 11.0. The van der Waals surface area contributed by atoms with Gasteiger partial charge >= 0.3 is 5.97 Å². The average molecular weight is 449 g/mol. The summed E-state index contributed by atoms with van der Waals surface area (Å²) >= 11 is 1.37. The SMILES string of the molecule is CCc1cc(C(=O)OC)c(NC(=O)Cn2nc(C)c3c(-c4ccc(C)cc4)ccnc32)s1. The molecule has 0 atom stereocenters. The second-order valence-electron chi connectivity index (χ2n) is 7.52. The molecule has 3 aromatic heterocycles. The van der Waals surface area contributed by atoms with Crippen molar-refractivity contribution in [3.63, 3.8) is 0 Å². The van der Waals surface area contributed by atoms with E-state index < -0.39 is 5.97 Å². The number of ether oxygens (including phenoxy) is 1. The van der Waals surface area contributed by atoms with Crippen LogP contribution in [-0.2, 0) is 22.5 Å². The zero-order valence-corrected chi connectivity index (χ0v) is 19.2. The lowest BCUT2D eigenvalue weighted by Crippen LogP contribution is -2.20. The molecule has 0 radical (unpaired) electrons. The molecule has 0 spiro atoms. The maximum absolute atomic E-state index is 12.8. The molecule has 0 bridgehead atoms. The highest BCUT2D eigenvalue weighted by atomic mass is 32.1. The van der Waals surface area contributed by atoms with Crippen molar-refractivity contribution in [3.05, 3.63) is 64.3 Å². The molecule has 1 N–H and O–H groups in total. The van der Waals surface area contributed by atoms with Gasteiger partial charge in [0.1, 0.15) is 11.5 Å². The number of thiophene rings is 1. The second-order valence-corrected chi connectivity index (χ2v) is 8.65. The van der Waals surface area contributed by atoms with Crippen LogP contribution < -0.4 is 5.32 Å². The van der Waals surface area contributed by atoms with E-state index in [0.717, 1.165) is 33.5 Å². The van der Waals surface area contributed by atoms with Gasteiger partial charge in [0.15, 0.2) is 5.65 Å². The van der Waals surface area contributed by atoms with Gasteiger partial charge in [0.25, 0.3) is 0 Å². The lowest BCUT2D eigenvalue weighted by molar-refractivity contribution is -0.116. The topological polar surface area (TPSA) is 86.1 Å². The zero-order chi connectivity index (χ0) is 22.8. The molecule has 0 saturated heterocycles. The Kier molecular flexibility index (Phi) is 6.05. The molecular formula is C24H24N4O3S. The summed E-state index contributed by atoms with van der Waals surface area (Å²) in [5, 5.41) is 8.83. The summed E-state index contributed by atoms with van der Waals surface area (Å²) in [7, 11) is 1.33. The van der Waals surface area contributed by atoms with Crippen LogP contribution in [0.3, 0.4) is 0 Å². The molecule has 1 amide bonds. The van der Waals surface area contributed by atoms with E-state index in [1.54, 1.807) is 16.9 Å². The molecule has 0 aliphatic heterocycles. The Labute approximate surface area is 190 Å². The summed E-state index contributed by atoms with van der Waals surface area (Å²) in [6.07, 6.45) is 2.49. The summed E-state index contributed by atoms with van der Waals surface area (Å²) in [5.41, 5.74) is 5.10. The van der Waals surface area contributed by atoms with Crippen LogP contribution >= 0.6 is 11.3 Å². The maximum Gasteiger partial charge on any atom is 0.340 e. The van der Waals surface area contributed by atoms with E-state index in [2.05, 4.69) is 46.6 Å². The molecule has 4 aromatic rings. The van der Waals surface area contributed by atoms with Crippen LogP contribution in [0.4, 0.5) is 5.00 Å². The number of pyridine rings is 1. The number of carbonyl (C=O) groups is 2. The molecule has 8 heteroatoms. The number of hydrogen-bond donors (Lipinski definition) is 1. The molecule has 3 heterocycles. The van der Waals surface area contributed by atoms with Gasteiger partial charge in [-0.3, -0.25) is 4.79 Å². The Hall–Kier alpha value is -3.52. The zero-order valence-electron chi connectivity index (χ0n) is 18.4. The number of fused-ring (bicyclic) bond motifs is 1. The van der Waals surface area contributed by atoms with Gasteiger partial charge in [-0.2, -0.15) is 5.10 Å². The third-order valence-electron chi connectivity index (χ3n) is 5.25. The predicted octanol–water partition coefficient (Wildman–Crippen LogP) is 4.76. The molecular weight excluding hydrogens is 424 g/mol. The summed E-state index contributed by atoms with van der Waals surface area (Å²) in [6.45, 7) is 5.94. The molecule has 0 aliphatic rings. The highest BCUT2D eigenvalue weighted by molar-refractivity contribution is 7.16. The van der Waals surface area contributed by atoms with E-state index in [1.807, 2.05) is 19.9 Å². The van der Waals surface area contributed by atoms with Gasteiger partial charge < -0.3 is 10.1 Å². The lowest BCUT2D eigenvalue weighted by atomic mass is 10.0. The van der Waals surface area contributed by atoms with Crippen LogP contribution in [0.1, 0.15) is 33.4 Å².